The molecule has 0 fully saturated rings. The summed E-state index contributed by atoms with van der Waals surface area (Å²) in [5, 5.41) is 1.65. The molecule has 0 spiro atoms. The van der Waals surface area contributed by atoms with E-state index in [1.54, 1.807) is 5.32 Å². The summed E-state index contributed by atoms with van der Waals surface area (Å²) in [4.78, 5) is 24.1. The van der Waals surface area contributed by atoms with Gasteiger partial charge in [0.1, 0.15) is 0 Å². The zero-order valence-electron chi connectivity index (χ0n) is 10.7. The van der Waals surface area contributed by atoms with E-state index in [9.17, 15) is 27.2 Å². The summed E-state index contributed by atoms with van der Waals surface area (Å²) < 4.78 is 49.9. The summed E-state index contributed by atoms with van der Waals surface area (Å²) in [5.74, 6) is -7.54. The van der Waals surface area contributed by atoms with Crippen molar-refractivity contribution in [1.29, 1.82) is 0 Å². The first-order valence-corrected chi connectivity index (χ1v) is 5.46. The second-order valence-electron chi connectivity index (χ2n) is 4.12. The van der Waals surface area contributed by atoms with Gasteiger partial charge in [-0.15, -0.1) is 0 Å². The van der Waals surface area contributed by atoms with E-state index >= 15 is 0 Å². The number of hydrogen-bond donors (Lipinski definition) is 1. The second kappa shape index (κ2) is 5.89. The smallest absolute Gasteiger partial charge is 0.345 e. The van der Waals surface area contributed by atoms with Gasteiger partial charge in [-0.05, 0) is 12.1 Å². The molecular formula is C12H12F4N2O2. The molecule has 0 atom stereocenters. The number of carbonyl (C=O) groups is 2. The van der Waals surface area contributed by atoms with Crippen molar-refractivity contribution in [3.05, 3.63) is 29.8 Å². The fourth-order valence-corrected chi connectivity index (χ4v) is 1.32. The van der Waals surface area contributed by atoms with E-state index in [1.165, 1.54) is 38.4 Å². The minimum absolute atomic E-state index is 0.0732. The summed E-state index contributed by atoms with van der Waals surface area (Å²) >= 11 is 0. The third-order valence-electron chi connectivity index (χ3n) is 2.39. The van der Waals surface area contributed by atoms with E-state index in [1.807, 2.05) is 0 Å². The lowest BCUT2D eigenvalue weighted by atomic mass is 10.1. The minimum atomic E-state index is -4.83. The van der Waals surface area contributed by atoms with Gasteiger partial charge in [0.05, 0.1) is 11.3 Å². The number of anilines is 1. The topological polar surface area (TPSA) is 49.4 Å². The summed E-state index contributed by atoms with van der Waals surface area (Å²) in [6, 6.07) is 5.30. The number of para-hydroxylation sites is 1. The molecule has 0 radical (unpaired) electrons. The molecule has 0 aliphatic heterocycles. The van der Waals surface area contributed by atoms with Crippen molar-refractivity contribution in [3.8, 4) is 0 Å². The van der Waals surface area contributed by atoms with Crippen molar-refractivity contribution < 1.29 is 27.2 Å². The van der Waals surface area contributed by atoms with Crippen molar-refractivity contribution in [1.82, 2.24) is 4.90 Å². The lowest BCUT2D eigenvalue weighted by molar-refractivity contribution is -0.163. The fourth-order valence-electron chi connectivity index (χ4n) is 1.32. The first-order valence-electron chi connectivity index (χ1n) is 5.46. The standard InChI is InChI=1S/C12H12F4N2O2/c1-18(2)9(19)7-5-3-4-6-8(7)17-11(20)12(15,16)10(13)14/h3-6,10H,1-2H3,(H,17,20). The van der Waals surface area contributed by atoms with Crippen molar-refractivity contribution in [2.75, 3.05) is 19.4 Å². The number of carbonyl (C=O) groups excluding carboxylic acids is 2. The van der Waals surface area contributed by atoms with Gasteiger partial charge in [-0.1, -0.05) is 12.1 Å². The highest BCUT2D eigenvalue weighted by Gasteiger charge is 2.49. The third-order valence-corrected chi connectivity index (χ3v) is 2.39. The number of nitrogens with one attached hydrogen (secondary N) is 1. The van der Waals surface area contributed by atoms with Crippen molar-refractivity contribution in [2.45, 2.75) is 12.3 Å². The summed E-state index contributed by atoms with van der Waals surface area (Å²) in [6.07, 6.45) is -4.13. The van der Waals surface area contributed by atoms with Crippen LogP contribution in [0, 0.1) is 0 Å². The van der Waals surface area contributed by atoms with Crippen LogP contribution in [0.1, 0.15) is 10.4 Å². The van der Waals surface area contributed by atoms with Gasteiger partial charge in [0.2, 0.25) is 0 Å². The van der Waals surface area contributed by atoms with Crippen molar-refractivity contribution >= 4 is 17.5 Å². The highest BCUT2D eigenvalue weighted by Crippen LogP contribution is 2.26. The molecule has 1 rings (SSSR count). The van der Waals surface area contributed by atoms with Crippen molar-refractivity contribution in [2.24, 2.45) is 0 Å². The van der Waals surface area contributed by atoms with Crippen LogP contribution in [0.3, 0.4) is 0 Å². The number of hydrogen-bond acceptors (Lipinski definition) is 2. The Morgan fingerprint density at radius 1 is 1.20 bits per heavy atom. The van der Waals surface area contributed by atoms with Gasteiger partial charge in [-0.2, -0.15) is 8.78 Å². The summed E-state index contributed by atoms with van der Waals surface area (Å²) in [5.41, 5.74) is -0.326. The molecule has 0 heterocycles. The van der Waals surface area contributed by atoms with Gasteiger partial charge in [0, 0.05) is 14.1 Å². The fraction of sp³-hybridized carbons (Fsp3) is 0.333. The predicted molar refractivity (Wildman–Crippen MR) is 64.0 cm³/mol. The molecule has 0 saturated carbocycles. The Labute approximate surface area is 112 Å². The largest absolute Gasteiger partial charge is 0.383 e. The summed E-state index contributed by atoms with van der Waals surface area (Å²) in [6.45, 7) is 0. The molecule has 0 aliphatic rings. The van der Waals surface area contributed by atoms with Gasteiger partial charge in [-0.25, -0.2) is 8.78 Å². The van der Waals surface area contributed by atoms with Crippen LogP contribution in [0.5, 0.6) is 0 Å². The normalized spacial score (nSPS) is 11.3. The van der Waals surface area contributed by atoms with Gasteiger partial charge in [-0.3, -0.25) is 9.59 Å². The van der Waals surface area contributed by atoms with Gasteiger partial charge >= 0.3 is 18.3 Å². The lowest BCUT2D eigenvalue weighted by Gasteiger charge is -2.18. The molecule has 0 bridgehead atoms. The number of amides is 2. The van der Waals surface area contributed by atoms with Crippen LogP contribution in [-0.2, 0) is 4.79 Å². The number of alkyl halides is 4. The quantitative estimate of drug-likeness (QED) is 0.865. The molecule has 0 aliphatic carbocycles. The number of halogens is 4. The van der Waals surface area contributed by atoms with E-state index in [-0.39, 0.29) is 11.3 Å². The third kappa shape index (κ3) is 3.25. The maximum atomic E-state index is 12.9. The number of rotatable bonds is 4. The molecule has 0 unspecified atom stereocenters. The molecular weight excluding hydrogens is 280 g/mol. The van der Waals surface area contributed by atoms with E-state index in [4.69, 9.17) is 0 Å². The van der Waals surface area contributed by atoms with E-state index in [0.29, 0.717) is 0 Å². The van der Waals surface area contributed by atoms with Crippen LogP contribution in [-0.4, -0.2) is 43.2 Å². The predicted octanol–water partition coefficient (Wildman–Crippen LogP) is 2.23. The molecule has 1 N–H and O–H groups in total. The minimum Gasteiger partial charge on any atom is -0.345 e. The van der Waals surface area contributed by atoms with Gasteiger partial charge < -0.3 is 10.2 Å². The zero-order chi connectivity index (χ0) is 15.5. The number of benzene rings is 1. The Morgan fingerprint density at radius 3 is 2.25 bits per heavy atom. The second-order valence-corrected chi connectivity index (χ2v) is 4.12. The monoisotopic (exact) mass is 292 g/mol. The maximum absolute atomic E-state index is 12.9. The van der Waals surface area contributed by atoms with Crippen LogP contribution in [0.2, 0.25) is 0 Å². The molecule has 110 valence electrons. The molecule has 1 aromatic carbocycles. The average Bonchev–Trinajstić information content (AvgIpc) is 2.38. The molecule has 0 aromatic heterocycles. The van der Waals surface area contributed by atoms with Crippen LogP contribution in [0.4, 0.5) is 23.2 Å². The lowest BCUT2D eigenvalue weighted by Crippen LogP contribution is -2.41. The zero-order valence-corrected chi connectivity index (χ0v) is 10.7. The van der Waals surface area contributed by atoms with E-state index in [0.717, 1.165) is 4.90 Å². The van der Waals surface area contributed by atoms with E-state index in [2.05, 4.69) is 0 Å². The average molecular weight is 292 g/mol. The first kappa shape index (κ1) is 15.9. The van der Waals surface area contributed by atoms with Crippen LogP contribution in [0.15, 0.2) is 24.3 Å². The Morgan fingerprint density at radius 2 is 1.75 bits per heavy atom. The Hall–Kier alpha value is -2.12. The van der Waals surface area contributed by atoms with Gasteiger partial charge in [0.15, 0.2) is 0 Å². The maximum Gasteiger partial charge on any atom is 0.383 e. The molecule has 4 nitrogen and oxygen atoms in total. The Bertz CT molecular complexity index is 518. The highest BCUT2D eigenvalue weighted by molar-refractivity contribution is 6.05. The highest BCUT2D eigenvalue weighted by atomic mass is 19.3. The van der Waals surface area contributed by atoms with Gasteiger partial charge in [0.25, 0.3) is 5.91 Å². The van der Waals surface area contributed by atoms with E-state index < -0.39 is 24.2 Å². The van der Waals surface area contributed by atoms with Crippen LogP contribution < -0.4 is 5.32 Å². The molecule has 8 heteroatoms. The Balaban J connectivity index is 3.05. The molecule has 20 heavy (non-hydrogen) atoms. The van der Waals surface area contributed by atoms with Crippen molar-refractivity contribution in [3.63, 3.8) is 0 Å². The first-order chi connectivity index (χ1) is 9.17. The Kier molecular flexibility index (Phi) is 4.69. The van der Waals surface area contributed by atoms with Crippen LogP contribution >= 0.6 is 0 Å². The molecule has 0 saturated heterocycles. The summed E-state index contributed by atoms with van der Waals surface area (Å²) in [7, 11) is 2.85. The molecule has 1 aromatic rings. The number of nitrogens with zero attached hydrogens (tertiary/aromatic N) is 1. The van der Waals surface area contributed by atoms with Crippen LogP contribution in [0.25, 0.3) is 0 Å². The SMILES string of the molecule is CN(C)C(=O)c1ccccc1NC(=O)C(F)(F)C(F)F. The molecule has 2 amide bonds.